The molecule has 0 amide bonds. The lowest BCUT2D eigenvalue weighted by atomic mass is 9.69. The Morgan fingerprint density at radius 3 is 2.40 bits per heavy atom. The zero-order valence-electron chi connectivity index (χ0n) is 18.9. The van der Waals surface area contributed by atoms with E-state index in [-0.39, 0.29) is 11.5 Å². The van der Waals surface area contributed by atoms with Gasteiger partial charge in [0.2, 0.25) is 0 Å². The average molecular weight is 418 g/mol. The number of hydrogen-bond donors (Lipinski definition) is 3. The maximum atomic E-state index is 9.79. The monoisotopic (exact) mass is 417 g/mol. The molecule has 30 heavy (non-hydrogen) atoms. The molecule has 1 aromatic carbocycles. The maximum absolute atomic E-state index is 9.79. The summed E-state index contributed by atoms with van der Waals surface area (Å²) in [5.74, 6) is 2.45. The molecular weight excluding hydrogens is 378 g/mol. The summed E-state index contributed by atoms with van der Waals surface area (Å²) in [4.78, 5) is 5.06. The molecule has 6 heteroatoms. The van der Waals surface area contributed by atoms with Gasteiger partial charge in [0.1, 0.15) is 0 Å². The van der Waals surface area contributed by atoms with Crippen LogP contribution < -0.4 is 20.1 Å². The minimum Gasteiger partial charge on any atom is -0.493 e. The van der Waals surface area contributed by atoms with Crippen molar-refractivity contribution in [1.29, 1.82) is 0 Å². The largest absolute Gasteiger partial charge is 0.493 e. The van der Waals surface area contributed by atoms with Crippen molar-refractivity contribution in [2.45, 2.75) is 82.3 Å². The van der Waals surface area contributed by atoms with E-state index in [9.17, 15) is 5.11 Å². The first kappa shape index (κ1) is 22.7. The van der Waals surface area contributed by atoms with Crippen molar-refractivity contribution in [1.82, 2.24) is 10.6 Å². The predicted octanol–water partition coefficient (Wildman–Crippen LogP) is 3.76. The van der Waals surface area contributed by atoms with Crippen molar-refractivity contribution in [3.63, 3.8) is 0 Å². The summed E-state index contributed by atoms with van der Waals surface area (Å²) in [7, 11) is 3.37. The van der Waals surface area contributed by atoms with Crippen molar-refractivity contribution in [3.8, 4) is 11.5 Å². The Bertz CT molecular complexity index is 693. The number of guanidine groups is 1. The van der Waals surface area contributed by atoms with Crippen molar-refractivity contribution >= 4 is 5.96 Å². The molecular formula is C24H39N3O3. The number of benzene rings is 1. The fraction of sp³-hybridized carbons (Fsp3) is 0.708. The van der Waals surface area contributed by atoms with E-state index in [0.717, 1.165) is 69.1 Å². The van der Waals surface area contributed by atoms with Crippen molar-refractivity contribution < 1.29 is 14.6 Å². The summed E-state index contributed by atoms with van der Waals surface area (Å²) in [6.07, 6.45) is 9.61. The van der Waals surface area contributed by atoms with E-state index >= 15 is 0 Å². The lowest BCUT2D eigenvalue weighted by Gasteiger charge is -2.37. The van der Waals surface area contributed by atoms with Gasteiger partial charge in [0, 0.05) is 18.0 Å². The fourth-order valence-corrected chi connectivity index (χ4v) is 4.90. The third-order valence-corrected chi connectivity index (χ3v) is 6.73. The van der Waals surface area contributed by atoms with Crippen LogP contribution in [0.3, 0.4) is 0 Å². The number of aliphatic imine (C=N–C) groups is 1. The molecule has 0 bridgehead atoms. The molecule has 1 aromatic rings. The van der Waals surface area contributed by atoms with Crippen molar-refractivity contribution in [3.05, 3.63) is 23.8 Å². The van der Waals surface area contributed by atoms with Gasteiger partial charge in [0.05, 0.1) is 26.9 Å². The third kappa shape index (κ3) is 5.60. The molecule has 2 aliphatic carbocycles. The molecule has 0 unspecified atom stereocenters. The third-order valence-electron chi connectivity index (χ3n) is 6.73. The molecule has 0 aliphatic heterocycles. The van der Waals surface area contributed by atoms with E-state index in [1.807, 2.05) is 6.07 Å². The van der Waals surface area contributed by atoms with Gasteiger partial charge in [-0.25, -0.2) is 0 Å². The maximum Gasteiger partial charge on any atom is 0.191 e. The van der Waals surface area contributed by atoms with Gasteiger partial charge in [0.25, 0.3) is 0 Å². The number of aliphatic hydroxyl groups excluding tert-OH is 1. The molecule has 3 rings (SSSR count). The highest BCUT2D eigenvalue weighted by Crippen LogP contribution is 2.42. The molecule has 168 valence electrons. The topological polar surface area (TPSA) is 75.1 Å². The van der Waals surface area contributed by atoms with E-state index in [1.165, 1.54) is 24.8 Å². The Balaban J connectivity index is 1.80. The van der Waals surface area contributed by atoms with Crippen molar-refractivity contribution in [2.24, 2.45) is 4.99 Å². The number of methoxy groups -OCH3 is 2. The van der Waals surface area contributed by atoms with Gasteiger partial charge in [-0.2, -0.15) is 0 Å². The van der Waals surface area contributed by atoms with Crippen LogP contribution in [0.25, 0.3) is 0 Å². The minimum absolute atomic E-state index is 0.0307. The molecule has 2 saturated carbocycles. The van der Waals surface area contributed by atoms with Gasteiger partial charge >= 0.3 is 0 Å². The molecule has 0 heterocycles. The molecule has 0 spiro atoms. The molecule has 0 aromatic heterocycles. The summed E-state index contributed by atoms with van der Waals surface area (Å²) >= 11 is 0. The van der Waals surface area contributed by atoms with Crippen LogP contribution in [-0.2, 0) is 5.41 Å². The Kier molecular flexibility index (Phi) is 8.25. The predicted molar refractivity (Wildman–Crippen MR) is 122 cm³/mol. The van der Waals surface area contributed by atoms with Gasteiger partial charge in [-0.1, -0.05) is 25.3 Å². The summed E-state index contributed by atoms with van der Waals surface area (Å²) < 4.78 is 11.0. The average Bonchev–Trinajstić information content (AvgIpc) is 2.79. The molecule has 0 atom stereocenters. The number of hydrogen-bond acceptors (Lipinski definition) is 4. The summed E-state index contributed by atoms with van der Waals surface area (Å²) in [6.45, 7) is 3.70. The van der Waals surface area contributed by atoms with Crippen LogP contribution >= 0.6 is 0 Å². The molecule has 2 aliphatic rings. The zero-order valence-corrected chi connectivity index (χ0v) is 18.9. The van der Waals surface area contributed by atoms with Gasteiger partial charge in [-0.05, 0) is 63.1 Å². The highest BCUT2D eigenvalue weighted by atomic mass is 16.5. The number of rotatable bonds is 7. The van der Waals surface area contributed by atoms with Crippen LogP contribution in [0, 0.1) is 0 Å². The molecule has 3 N–H and O–H groups in total. The number of aliphatic hydroxyl groups is 1. The zero-order chi connectivity index (χ0) is 21.4. The van der Waals surface area contributed by atoms with Gasteiger partial charge < -0.3 is 25.2 Å². The van der Waals surface area contributed by atoms with E-state index in [1.54, 1.807) is 14.2 Å². The van der Waals surface area contributed by atoms with Crippen LogP contribution in [0.2, 0.25) is 0 Å². The van der Waals surface area contributed by atoms with Crippen LogP contribution in [0.4, 0.5) is 0 Å². The lowest BCUT2D eigenvalue weighted by molar-refractivity contribution is 0.120. The number of ether oxygens (including phenoxy) is 2. The second-order valence-corrected chi connectivity index (χ2v) is 8.76. The first-order valence-corrected chi connectivity index (χ1v) is 11.6. The Hall–Kier alpha value is -1.95. The number of nitrogens with one attached hydrogen (secondary N) is 2. The smallest absolute Gasteiger partial charge is 0.191 e. The van der Waals surface area contributed by atoms with Gasteiger partial charge in [-0.3, -0.25) is 4.99 Å². The second kappa shape index (κ2) is 10.9. The van der Waals surface area contributed by atoms with Crippen molar-refractivity contribution in [2.75, 3.05) is 27.3 Å². The summed E-state index contributed by atoms with van der Waals surface area (Å²) in [5.41, 5.74) is 1.32. The van der Waals surface area contributed by atoms with Crippen LogP contribution in [0.5, 0.6) is 11.5 Å². The van der Waals surface area contributed by atoms with E-state index in [2.05, 4.69) is 29.7 Å². The first-order valence-electron chi connectivity index (χ1n) is 11.6. The summed E-state index contributed by atoms with van der Waals surface area (Å²) in [6, 6.07) is 6.73. The first-order chi connectivity index (χ1) is 14.6. The normalized spacial score (nSPS) is 24.2. The Labute approximate surface area is 181 Å². The second-order valence-electron chi connectivity index (χ2n) is 8.76. The van der Waals surface area contributed by atoms with E-state index < -0.39 is 0 Å². The molecule has 0 radical (unpaired) electrons. The quantitative estimate of drug-likeness (QED) is 0.465. The highest BCUT2D eigenvalue weighted by Gasteiger charge is 2.35. The molecule has 0 saturated heterocycles. The minimum atomic E-state index is -0.141. The number of nitrogens with zero attached hydrogens (tertiary/aromatic N) is 1. The molecule has 6 nitrogen and oxygen atoms in total. The van der Waals surface area contributed by atoms with Crippen LogP contribution in [-0.4, -0.2) is 50.5 Å². The van der Waals surface area contributed by atoms with Crippen LogP contribution in [0.15, 0.2) is 23.2 Å². The fourth-order valence-electron chi connectivity index (χ4n) is 4.90. The Morgan fingerprint density at radius 1 is 1.07 bits per heavy atom. The summed E-state index contributed by atoms with van der Waals surface area (Å²) in [5, 5.41) is 16.8. The lowest BCUT2D eigenvalue weighted by Crippen LogP contribution is -2.46. The van der Waals surface area contributed by atoms with Gasteiger partial charge in [-0.15, -0.1) is 0 Å². The van der Waals surface area contributed by atoms with E-state index in [0.29, 0.717) is 6.04 Å². The van der Waals surface area contributed by atoms with Gasteiger partial charge in [0.15, 0.2) is 17.5 Å². The molecule has 2 fully saturated rings. The van der Waals surface area contributed by atoms with E-state index in [4.69, 9.17) is 14.5 Å². The highest BCUT2D eigenvalue weighted by molar-refractivity contribution is 5.80. The standard InChI is InChI=1S/C24H39N3O3/c1-4-25-23(27-19-9-11-20(28)12-10-19)26-17-24(14-6-5-7-15-24)18-8-13-21(29-2)22(16-18)30-3/h8,13,16,19-20,28H,4-7,9-12,14-15,17H2,1-3H3,(H2,25,26,27). The Morgan fingerprint density at radius 2 is 1.77 bits per heavy atom. The van der Waals surface area contributed by atoms with Crippen LogP contribution in [0.1, 0.15) is 70.3 Å². The SMILES string of the molecule is CCNC(=NCC1(c2ccc(OC)c(OC)c2)CCCCC1)NC1CCC(O)CC1.